The number of hydrogen-bond acceptors (Lipinski definition) is 3. The fourth-order valence-electron chi connectivity index (χ4n) is 3.79. The second kappa shape index (κ2) is 8.39. The van der Waals surface area contributed by atoms with Crippen LogP contribution in [0.4, 0.5) is 5.69 Å². The van der Waals surface area contributed by atoms with Gasteiger partial charge in [-0.15, -0.1) is 0 Å². The summed E-state index contributed by atoms with van der Waals surface area (Å²) in [6.45, 7) is 1.16. The Hall–Kier alpha value is -2.64. The largest absolute Gasteiger partial charge is 0.361 e. The second-order valence-electron chi connectivity index (χ2n) is 7.40. The van der Waals surface area contributed by atoms with Crippen LogP contribution in [0.1, 0.15) is 31.2 Å². The monoisotopic (exact) mass is 411 g/mol. The maximum atomic E-state index is 12.6. The molecule has 0 saturated carbocycles. The van der Waals surface area contributed by atoms with Crippen LogP contribution >= 0.6 is 0 Å². The summed E-state index contributed by atoms with van der Waals surface area (Å²) >= 11 is 0. The maximum absolute atomic E-state index is 12.6. The Labute approximate surface area is 171 Å². The van der Waals surface area contributed by atoms with Crippen molar-refractivity contribution in [2.24, 2.45) is 0 Å². The molecule has 29 heavy (non-hydrogen) atoms. The Balaban J connectivity index is 1.30. The van der Waals surface area contributed by atoms with Gasteiger partial charge in [-0.1, -0.05) is 18.2 Å². The molecule has 1 saturated heterocycles. The third kappa shape index (κ3) is 4.36. The molecule has 152 valence electrons. The molecule has 3 aromatic rings. The molecule has 1 aliphatic heterocycles. The van der Waals surface area contributed by atoms with E-state index in [9.17, 15) is 13.2 Å². The molecule has 1 fully saturated rings. The van der Waals surface area contributed by atoms with Crippen molar-refractivity contribution in [3.63, 3.8) is 0 Å². The molecule has 0 spiro atoms. The van der Waals surface area contributed by atoms with Crippen LogP contribution in [0.15, 0.2) is 59.6 Å². The molecule has 2 N–H and O–H groups in total. The number of nitrogens with zero attached hydrogens (tertiary/aromatic N) is 1. The van der Waals surface area contributed by atoms with Crippen molar-refractivity contribution >= 4 is 32.5 Å². The molecule has 1 amide bonds. The first-order valence-corrected chi connectivity index (χ1v) is 11.4. The van der Waals surface area contributed by atoms with Gasteiger partial charge < -0.3 is 10.3 Å². The lowest BCUT2D eigenvalue weighted by Gasteiger charge is -2.15. The van der Waals surface area contributed by atoms with E-state index in [1.165, 1.54) is 15.3 Å². The average Bonchev–Trinajstić information content (AvgIpc) is 3.39. The Morgan fingerprint density at radius 3 is 2.52 bits per heavy atom. The standard InChI is InChI=1S/C22H25N3O3S/c26-22(9-5-6-17-16-23-21-8-2-1-7-20(17)21)24-18-10-12-19(13-11-18)29(27,28)25-14-3-4-15-25/h1-2,7-8,10-13,16,23H,3-6,9,14-15H2,(H,24,26). The summed E-state index contributed by atoms with van der Waals surface area (Å²) in [5.74, 6) is -0.0695. The van der Waals surface area contributed by atoms with Crippen LogP contribution in [0.5, 0.6) is 0 Å². The normalized spacial score (nSPS) is 15.0. The first kappa shape index (κ1) is 19.7. The van der Waals surface area contributed by atoms with E-state index in [0.717, 1.165) is 31.2 Å². The van der Waals surface area contributed by atoms with Crippen LogP contribution in [-0.2, 0) is 21.2 Å². The number of rotatable bonds is 7. The lowest BCUT2D eigenvalue weighted by atomic mass is 10.1. The van der Waals surface area contributed by atoms with Crippen molar-refractivity contribution in [1.29, 1.82) is 0 Å². The number of carbonyl (C=O) groups excluding carboxylic acids is 1. The number of aromatic nitrogens is 1. The number of sulfonamides is 1. The van der Waals surface area contributed by atoms with Crippen LogP contribution in [0.2, 0.25) is 0 Å². The number of hydrogen-bond donors (Lipinski definition) is 2. The number of aromatic amines is 1. The number of para-hydroxylation sites is 1. The number of anilines is 1. The number of amides is 1. The van der Waals surface area contributed by atoms with Crippen LogP contribution in [-0.4, -0.2) is 36.7 Å². The first-order chi connectivity index (χ1) is 14.0. The molecule has 4 rings (SSSR count). The molecule has 2 aromatic carbocycles. The highest BCUT2D eigenvalue weighted by atomic mass is 32.2. The third-order valence-electron chi connectivity index (χ3n) is 5.37. The fourth-order valence-corrected chi connectivity index (χ4v) is 5.31. The van der Waals surface area contributed by atoms with Gasteiger partial charge in [0.05, 0.1) is 4.90 Å². The number of nitrogens with one attached hydrogen (secondary N) is 2. The van der Waals surface area contributed by atoms with Gasteiger partial charge in [-0.05, 0) is 61.6 Å². The number of fused-ring (bicyclic) bond motifs is 1. The van der Waals surface area contributed by atoms with Crippen molar-refractivity contribution < 1.29 is 13.2 Å². The van der Waals surface area contributed by atoms with Gasteiger partial charge in [0.2, 0.25) is 15.9 Å². The molecule has 1 aromatic heterocycles. The van der Waals surface area contributed by atoms with Gasteiger partial charge in [-0.25, -0.2) is 8.42 Å². The SMILES string of the molecule is O=C(CCCc1c[nH]c2ccccc12)Nc1ccc(S(=O)(=O)N2CCCC2)cc1. The topological polar surface area (TPSA) is 82.3 Å². The van der Waals surface area contributed by atoms with Gasteiger partial charge in [0.25, 0.3) is 0 Å². The van der Waals surface area contributed by atoms with Gasteiger partial charge in [0, 0.05) is 42.3 Å². The van der Waals surface area contributed by atoms with E-state index in [0.29, 0.717) is 25.2 Å². The highest BCUT2D eigenvalue weighted by Gasteiger charge is 2.26. The number of aryl methyl sites for hydroxylation is 1. The van der Waals surface area contributed by atoms with Crippen LogP contribution in [0, 0.1) is 0 Å². The highest BCUT2D eigenvalue weighted by Crippen LogP contribution is 2.23. The Kier molecular flexibility index (Phi) is 5.69. The summed E-state index contributed by atoms with van der Waals surface area (Å²) in [7, 11) is -3.42. The van der Waals surface area contributed by atoms with E-state index < -0.39 is 10.0 Å². The first-order valence-electron chi connectivity index (χ1n) is 9.99. The zero-order valence-electron chi connectivity index (χ0n) is 16.2. The minimum Gasteiger partial charge on any atom is -0.361 e. The summed E-state index contributed by atoms with van der Waals surface area (Å²) in [6, 6.07) is 14.6. The quantitative estimate of drug-likeness (QED) is 0.618. The summed E-state index contributed by atoms with van der Waals surface area (Å²) in [4.78, 5) is 15.8. The molecule has 0 radical (unpaired) electrons. The van der Waals surface area contributed by atoms with E-state index in [1.807, 2.05) is 24.4 Å². The fraction of sp³-hybridized carbons (Fsp3) is 0.318. The molecule has 0 bridgehead atoms. The number of carbonyl (C=O) groups is 1. The van der Waals surface area contributed by atoms with E-state index in [-0.39, 0.29) is 10.8 Å². The van der Waals surface area contributed by atoms with Gasteiger partial charge in [-0.3, -0.25) is 4.79 Å². The molecule has 6 nitrogen and oxygen atoms in total. The summed E-state index contributed by atoms with van der Waals surface area (Å²) in [5, 5.41) is 4.05. The number of H-pyrrole nitrogens is 1. The van der Waals surface area contributed by atoms with Gasteiger partial charge >= 0.3 is 0 Å². The molecule has 0 atom stereocenters. The van der Waals surface area contributed by atoms with E-state index in [1.54, 1.807) is 24.3 Å². The molecule has 0 unspecified atom stereocenters. The Morgan fingerprint density at radius 1 is 1.03 bits per heavy atom. The summed E-state index contributed by atoms with van der Waals surface area (Å²) in [6.07, 6.45) is 5.80. The van der Waals surface area contributed by atoms with Crippen LogP contribution < -0.4 is 5.32 Å². The van der Waals surface area contributed by atoms with Gasteiger partial charge in [-0.2, -0.15) is 4.31 Å². The molecule has 2 heterocycles. The van der Waals surface area contributed by atoms with Crippen LogP contribution in [0.25, 0.3) is 10.9 Å². The van der Waals surface area contributed by atoms with Gasteiger partial charge in [0.1, 0.15) is 0 Å². The molecular formula is C22H25N3O3S. The Bertz CT molecular complexity index is 1100. The van der Waals surface area contributed by atoms with Crippen molar-refractivity contribution in [1.82, 2.24) is 9.29 Å². The predicted octanol–water partition coefficient (Wildman–Crippen LogP) is 3.91. The minimum atomic E-state index is -3.42. The second-order valence-corrected chi connectivity index (χ2v) is 9.33. The lowest BCUT2D eigenvalue weighted by molar-refractivity contribution is -0.116. The molecule has 0 aliphatic carbocycles. The van der Waals surface area contributed by atoms with Gasteiger partial charge in [0.15, 0.2) is 0 Å². The maximum Gasteiger partial charge on any atom is 0.243 e. The Morgan fingerprint density at radius 2 is 1.76 bits per heavy atom. The average molecular weight is 412 g/mol. The van der Waals surface area contributed by atoms with Crippen molar-refractivity contribution in [2.45, 2.75) is 37.0 Å². The van der Waals surface area contributed by atoms with E-state index in [4.69, 9.17) is 0 Å². The highest BCUT2D eigenvalue weighted by molar-refractivity contribution is 7.89. The zero-order chi connectivity index (χ0) is 20.3. The van der Waals surface area contributed by atoms with Crippen LogP contribution in [0.3, 0.4) is 0 Å². The molecule has 1 aliphatic rings. The minimum absolute atomic E-state index is 0.0695. The zero-order valence-corrected chi connectivity index (χ0v) is 17.0. The number of benzene rings is 2. The third-order valence-corrected chi connectivity index (χ3v) is 7.28. The van der Waals surface area contributed by atoms with Crippen molar-refractivity contribution in [3.05, 3.63) is 60.3 Å². The summed E-state index contributed by atoms with van der Waals surface area (Å²) in [5.41, 5.74) is 2.93. The predicted molar refractivity (Wildman–Crippen MR) is 114 cm³/mol. The molecule has 7 heteroatoms. The van der Waals surface area contributed by atoms with E-state index in [2.05, 4.69) is 16.4 Å². The van der Waals surface area contributed by atoms with Crippen molar-refractivity contribution in [2.75, 3.05) is 18.4 Å². The van der Waals surface area contributed by atoms with E-state index >= 15 is 0 Å². The van der Waals surface area contributed by atoms with Crippen molar-refractivity contribution in [3.8, 4) is 0 Å². The smallest absolute Gasteiger partial charge is 0.243 e. The lowest BCUT2D eigenvalue weighted by Crippen LogP contribution is -2.27. The molecular weight excluding hydrogens is 386 g/mol. The summed E-state index contributed by atoms with van der Waals surface area (Å²) < 4.78 is 26.6.